The first-order valence-electron chi connectivity index (χ1n) is 4.50. The van der Waals surface area contributed by atoms with E-state index >= 15 is 0 Å². The second-order valence-corrected chi connectivity index (χ2v) is 3.12. The number of nitrogens with two attached hydrogens (primary N) is 1. The molecular weight excluding hydrogens is 183 g/mol. The third-order valence-corrected chi connectivity index (χ3v) is 2.17. The molecule has 0 aromatic heterocycles. The van der Waals surface area contributed by atoms with Gasteiger partial charge in [0.05, 0.1) is 12.1 Å². The zero-order valence-corrected chi connectivity index (χ0v) is 8.07. The SMILES string of the molecule is CNC(c1ccc(F)cc1)C(O)CN. The molecule has 78 valence electrons. The Labute approximate surface area is 82.7 Å². The van der Waals surface area contributed by atoms with Crippen molar-refractivity contribution in [2.45, 2.75) is 12.1 Å². The molecule has 1 aromatic carbocycles. The summed E-state index contributed by atoms with van der Waals surface area (Å²) in [5, 5.41) is 12.5. The van der Waals surface area contributed by atoms with E-state index in [0.29, 0.717) is 0 Å². The molecule has 0 spiro atoms. The highest BCUT2D eigenvalue weighted by molar-refractivity contribution is 5.21. The fraction of sp³-hybridized carbons (Fsp3) is 0.400. The highest BCUT2D eigenvalue weighted by atomic mass is 19.1. The molecule has 0 aliphatic rings. The number of nitrogens with one attached hydrogen (secondary N) is 1. The zero-order chi connectivity index (χ0) is 10.6. The maximum absolute atomic E-state index is 12.6. The first-order chi connectivity index (χ1) is 6.69. The van der Waals surface area contributed by atoms with Gasteiger partial charge < -0.3 is 16.2 Å². The van der Waals surface area contributed by atoms with Crippen LogP contribution in [0.5, 0.6) is 0 Å². The van der Waals surface area contributed by atoms with Crippen molar-refractivity contribution in [3.8, 4) is 0 Å². The molecule has 0 fully saturated rings. The van der Waals surface area contributed by atoms with Gasteiger partial charge in [-0.25, -0.2) is 4.39 Å². The lowest BCUT2D eigenvalue weighted by atomic mass is 10.0. The summed E-state index contributed by atoms with van der Waals surface area (Å²) in [4.78, 5) is 0. The number of aliphatic hydroxyl groups excluding tert-OH is 1. The van der Waals surface area contributed by atoms with Crippen LogP contribution in [0.1, 0.15) is 11.6 Å². The Kier molecular flexibility index (Phi) is 4.00. The third kappa shape index (κ3) is 2.51. The number of halogens is 1. The Bertz CT molecular complexity index is 276. The number of aliphatic hydroxyl groups is 1. The summed E-state index contributed by atoms with van der Waals surface area (Å²) in [7, 11) is 1.73. The van der Waals surface area contributed by atoms with Crippen LogP contribution in [0.3, 0.4) is 0 Å². The number of hydrogen-bond donors (Lipinski definition) is 3. The van der Waals surface area contributed by atoms with E-state index in [9.17, 15) is 9.50 Å². The molecule has 0 saturated heterocycles. The molecule has 0 aliphatic carbocycles. The van der Waals surface area contributed by atoms with Crippen molar-refractivity contribution >= 4 is 0 Å². The van der Waals surface area contributed by atoms with E-state index in [1.807, 2.05) is 0 Å². The van der Waals surface area contributed by atoms with E-state index in [0.717, 1.165) is 5.56 Å². The van der Waals surface area contributed by atoms with Crippen molar-refractivity contribution in [3.05, 3.63) is 35.6 Å². The van der Waals surface area contributed by atoms with Gasteiger partial charge in [0.25, 0.3) is 0 Å². The molecule has 0 saturated carbocycles. The van der Waals surface area contributed by atoms with Gasteiger partial charge in [-0.1, -0.05) is 12.1 Å². The fourth-order valence-electron chi connectivity index (χ4n) is 1.39. The van der Waals surface area contributed by atoms with Crippen LogP contribution >= 0.6 is 0 Å². The largest absolute Gasteiger partial charge is 0.390 e. The lowest BCUT2D eigenvalue weighted by molar-refractivity contribution is 0.139. The predicted molar refractivity (Wildman–Crippen MR) is 53.3 cm³/mol. The smallest absolute Gasteiger partial charge is 0.123 e. The predicted octanol–water partition coefficient (Wildman–Crippen LogP) is 0.406. The molecule has 2 atom stereocenters. The molecule has 3 nitrogen and oxygen atoms in total. The highest BCUT2D eigenvalue weighted by Crippen LogP contribution is 2.16. The summed E-state index contributed by atoms with van der Waals surface area (Å²) < 4.78 is 12.6. The summed E-state index contributed by atoms with van der Waals surface area (Å²) in [6, 6.07) is 5.75. The average Bonchev–Trinajstić information content (AvgIpc) is 2.21. The van der Waals surface area contributed by atoms with Crippen LogP contribution in [0.25, 0.3) is 0 Å². The normalized spacial score (nSPS) is 15.1. The summed E-state index contributed by atoms with van der Waals surface area (Å²) in [6.45, 7) is 0.170. The van der Waals surface area contributed by atoms with Gasteiger partial charge in [-0.3, -0.25) is 0 Å². The Morgan fingerprint density at radius 1 is 1.43 bits per heavy atom. The highest BCUT2D eigenvalue weighted by Gasteiger charge is 2.17. The van der Waals surface area contributed by atoms with Crippen molar-refractivity contribution in [2.75, 3.05) is 13.6 Å². The van der Waals surface area contributed by atoms with E-state index in [1.165, 1.54) is 12.1 Å². The minimum atomic E-state index is -0.662. The molecule has 0 amide bonds. The van der Waals surface area contributed by atoms with Crippen molar-refractivity contribution in [1.29, 1.82) is 0 Å². The molecule has 0 radical (unpaired) electrons. The van der Waals surface area contributed by atoms with Gasteiger partial charge in [0.2, 0.25) is 0 Å². The molecular formula is C10H15FN2O. The lowest BCUT2D eigenvalue weighted by Gasteiger charge is -2.21. The lowest BCUT2D eigenvalue weighted by Crippen LogP contribution is -2.34. The number of likely N-dealkylation sites (N-methyl/N-ethyl adjacent to an activating group) is 1. The fourth-order valence-corrected chi connectivity index (χ4v) is 1.39. The van der Waals surface area contributed by atoms with Gasteiger partial charge in [-0.05, 0) is 24.7 Å². The van der Waals surface area contributed by atoms with Crippen LogP contribution in [-0.4, -0.2) is 24.8 Å². The van der Waals surface area contributed by atoms with Crippen molar-refractivity contribution in [2.24, 2.45) is 5.73 Å². The van der Waals surface area contributed by atoms with Crippen molar-refractivity contribution in [3.63, 3.8) is 0 Å². The van der Waals surface area contributed by atoms with Crippen LogP contribution in [0.4, 0.5) is 4.39 Å². The molecule has 4 heteroatoms. The van der Waals surface area contributed by atoms with Gasteiger partial charge in [-0.15, -0.1) is 0 Å². The van der Waals surface area contributed by atoms with Gasteiger partial charge in [-0.2, -0.15) is 0 Å². The molecule has 14 heavy (non-hydrogen) atoms. The van der Waals surface area contributed by atoms with E-state index < -0.39 is 6.10 Å². The van der Waals surface area contributed by atoms with Crippen LogP contribution in [-0.2, 0) is 0 Å². The van der Waals surface area contributed by atoms with Crippen LogP contribution in [0.2, 0.25) is 0 Å². The Hall–Kier alpha value is -0.970. The quantitative estimate of drug-likeness (QED) is 0.656. The van der Waals surface area contributed by atoms with Crippen molar-refractivity contribution in [1.82, 2.24) is 5.32 Å². The number of rotatable bonds is 4. The molecule has 0 aliphatic heterocycles. The van der Waals surface area contributed by atoms with Crippen LogP contribution in [0, 0.1) is 5.82 Å². The average molecular weight is 198 g/mol. The maximum atomic E-state index is 12.6. The summed E-state index contributed by atoms with van der Waals surface area (Å²) in [6.07, 6.45) is -0.662. The molecule has 1 rings (SSSR count). The molecule has 4 N–H and O–H groups in total. The van der Waals surface area contributed by atoms with E-state index in [-0.39, 0.29) is 18.4 Å². The van der Waals surface area contributed by atoms with Gasteiger partial charge >= 0.3 is 0 Å². The van der Waals surface area contributed by atoms with Crippen molar-refractivity contribution < 1.29 is 9.50 Å². The minimum absolute atomic E-state index is 0.170. The second-order valence-electron chi connectivity index (χ2n) is 3.12. The molecule has 1 aromatic rings. The first kappa shape index (κ1) is 11.1. The van der Waals surface area contributed by atoms with Gasteiger partial charge in [0.15, 0.2) is 0 Å². The summed E-state index contributed by atoms with van der Waals surface area (Å²) in [5.74, 6) is -0.286. The molecule has 0 heterocycles. The second kappa shape index (κ2) is 5.05. The van der Waals surface area contributed by atoms with Gasteiger partial charge in [0.1, 0.15) is 5.82 Å². The van der Waals surface area contributed by atoms with E-state index in [2.05, 4.69) is 5.32 Å². The van der Waals surface area contributed by atoms with Gasteiger partial charge in [0, 0.05) is 6.54 Å². The van der Waals surface area contributed by atoms with E-state index in [4.69, 9.17) is 5.73 Å². The van der Waals surface area contributed by atoms with Crippen LogP contribution in [0.15, 0.2) is 24.3 Å². The summed E-state index contributed by atoms with van der Waals surface area (Å²) in [5.41, 5.74) is 6.18. The topological polar surface area (TPSA) is 58.3 Å². The monoisotopic (exact) mass is 198 g/mol. The Balaban J connectivity index is 2.84. The zero-order valence-electron chi connectivity index (χ0n) is 8.07. The summed E-state index contributed by atoms with van der Waals surface area (Å²) >= 11 is 0. The molecule has 2 unspecified atom stereocenters. The standard InChI is InChI=1S/C10H15FN2O/c1-13-10(9(14)6-12)7-2-4-8(11)5-3-7/h2-5,9-10,13-14H,6,12H2,1H3. The third-order valence-electron chi connectivity index (χ3n) is 2.17. The Morgan fingerprint density at radius 3 is 2.43 bits per heavy atom. The maximum Gasteiger partial charge on any atom is 0.123 e. The molecule has 0 bridgehead atoms. The number of benzene rings is 1. The minimum Gasteiger partial charge on any atom is -0.390 e. The first-order valence-corrected chi connectivity index (χ1v) is 4.50. The Morgan fingerprint density at radius 2 is 2.00 bits per heavy atom. The van der Waals surface area contributed by atoms with E-state index in [1.54, 1.807) is 19.2 Å². The number of hydrogen-bond acceptors (Lipinski definition) is 3. The van der Waals surface area contributed by atoms with Crippen LogP contribution < -0.4 is 11.1 Å².